The van der Waals surface area contributed by atoms with Gasteiger partial charge >= 0.3 is 5.97 Å². The van der Waals surface area contributed by atoms with Crippen molar-refractivity contribution < 1.29 is 19.8 Å². The van der Waals surface area contributed by atoms with Crippen LogP contribution in [-0.4, -0.2) is 39.1 Å². The minimum atomic E-state index is -1.00. The quantitative estimate of drug-likeness (QED) is 0.709. The van der Waals surface area contributed by atoms with Gasteiger partial charge in [-0.25, -0.2) is 4.79 Å². The molecule has 2 N–H and O–H groups in total. The highest BCUT2D eigenvalue weighted by atomic mass is 16.4. The maximum Gasteiger partial charge on any atom is 0.352 e. The molecule has 0 aromatic heterocycles. The minimum Gasteiger partial charge on any atom is -0.477 e. The molecule has 1 aliphatic carbocycles. The van der Waals surface area contributed by atoms with Crippen LogP contribution in [0.25, 0.3) is 0 Å². The molecule has 0 aromatic rings. The molecule has 2 heterocycles. The Morgan fingerprint density at radius 1 is 1.44 bits per heavy atom. The van der Waals surface area contributed by atoms with Gasteiger partial charge in [0.15, 0.2) is 0 Å². The Morgan fingerprint density at radius 2 is 2.17 bits per heavy atom. The zero-order chi connectivity index (χ0) is 13.0. The number of carboxylic acids is 1. The molecule has 2 fully saturated rings. The van der Waals surface area contributed by atoms with E-state index in [1.54, 1.807) is 6.92 Å². The zero-order valence-corrected chi connectivity index (χ0v) is 10.3. The van der Waals surface area contributed by atoms with Gasteiger partial charge in [0.2, 0.25) is 5.91 Å². The van der Waals surface area contributed by atoms with Crippen LogP contribution in [0.5, 0.6) is 0 Å². The number of carboxylic acid groups (broad SMARTS) is 1. The summed E-state index contributed by atoms with van der Waals surface area (Å²) in [6, 6.07) is -0.112. The van der Waals surface area contributed by atoms with E-state index in [0.717, 1.165) is 31.3 Å². The predicted molar refractivity (Wildman–Crippen MR) is 62.4 cm³/mol. The number of β-lactam (4-membered cyclic amide) rings is 1. The van der Waals surface area contributed by atoms with E-state index in [2.05, 4.69) is 0 Å². The topological polar surface area (TPSA) is 77.8 Å². The molecule has 0 bridgehead atoms. The van der Waals surface area contributed by atoms with Crippen molar-refractivity contribution in [2.45, 2.75) is 44.8 Å². The fraction of sp³-hybridized carbons (Fsp3) is 0.692. The van der Waals surface area contributed by atoms with Gasteiger partial charge in [-0.1, -0.05) is 6.42 Å². The van der Waals surface area contributed by atoms with Crippen LogP contribution in [0.1, 0.15) is 32.6 Å². The Hall–Kier alpha value is -1.36. The molecule has 0 spiro atoms. The third-order valence-electron chi connectivity index (χ3n) is 4.53. The molecule has 1 saturated heterocycles. The summed E-state index contributed by atoms with van der Waals surface area (Å²) in [6.07, 6.45) is 3.08. The van der Waals surface area contributed by atoms with Gasteiger partial charge in [-0.3, -0.25) is 4.79 Å². The molecular formula is C13H17NO4. The van der Waals surface area contributed by atoms with Crippen LogP contribution >= 0.6 is 0 Å². The van der Waals surface area contributed by atoms with E-state index in [9.17, 15) is 19.8 Å². The highest BCUT2D eigenvalue weighted by Gasteiger charge is 2.60. The van der Waals surface area contributed by atoms with E-state index in [1.165, 1.54) is 4.90 Å². The van der Waals surface area contributed by atoms with Crippen molar-refractivity contribution in [3.8, 4) is 0 Å². The number of fused-ring (bicyclic) bond motifs is 3. The number of nitrogens with zero attached hydrogens (tertiary/aromatic N) is 1. The van der Waals surface area contributed by atoms with Gasteiger partial charge in [0.05, 0.1) is 18.1 Å². The van der Waals surface area contributed by atoms with Crippen molar-refractivity contribution >= 4 is 11.9 Å². The summed E-state index contributed by atoms with van der Waals surface area (Å²) >= 11 is 0. The number of aliphatic carboxylic acids is 1. The number of carbonyl (C=O) groups excluding carboxylic acids is 1. The highest BCUT2D eigenvalue weighted by molar-refractivity contribution is 6.00. The lowest BCUT2D eigenvalue weighted by Gasteiger charge is -2.47. The molecule has 1 amide bonds. The van der Waals surface area contributed by atoms with Gasteiger partial charge in [0.25, 0.3) is 0 Å². The monoisotopic (exact) mass is 251 g/mol. The number of aliphatic hydroxyl groups is 1. The van der Waals surface area contributed by atoms with E-state index in [1.807, 2.05) is 0 Å². The Kier molecular flexibility index (Phi) is 2.48. The molecule has 3 aliphatic rings. The van der Waals surface area contributed by atoms with Gasteiger partial charge in [0.1, 0.15) is 5.70 Å². The molecule has 5 nitrogen and oxygen atoms in total. The van der Waals surface area contributed by atoms with Crippen LogP contribution in [0.15, 0.2) is 11.3 Å². The van der Waals surface area contributed by atoms with Crippen molar-refractivity contribution in [3.05, 3.63) is 11.3 Å². The predicted octanol–water partition coefficient (Wildman–Crippen LogP) is 0.737. The first-order valence-corrected chi connectivity index (χ1v) is 6.51. The first-order valence-electron chi connectivity index (χ1n) is 6.51. The molecule has 98 valence electrons. The van der Waals surface area contributed by atoms with E-state index in [0.29, 0.717) is 0 Å². The van der Waals surface area contributed by atoms with Crippen LogP contribution in [0, 0.1) is 11.8 Å². The molecular weight excluding hydrogens is 234 g/mol. The molecule has 2 aliphatic heterocycles. The van der Waals surface area contributed by atoms with Gasteiger partial charge in [-0.05, 0) is 31.8 Å². The Bertz CT molecular complexity index is 454. The van der Waals surface area contributed by atoms with E-state index >= 15 is 0 Å². The molecule has 0 aromatic carbocycles. The lowest BCUT2D eigenvalue weighted by Crippen LogP contribution is -2.63. The number of carbonyl (C=O) groups is 2. The third-order valence-corrected chi connectivity index (χ3v) is 4.53. The minimum absolute atomic E-state index is 0.112. The van der Waals surface area contributed by atoms with Crippen LogP contribution in [-0.2, 0) is 9.59 Å². The van der Waals surface area contributed by atoms with Crippen LogP contribution in [0.3, 0.4) is 0 Å². The van der Waals surface area contributed by atoms with Crippen LogP contribution in [0.4, 0.5) is 0 Å². The summed E-state index contributed by atoms with van der Waals surface area (Å²) in [5.41, 5.74) is 1.13. The maximum atomic E-state index is 12.0. The molecule has 5 heteroatoms. The second-order valence-corrected chi connectivity index (χ2v) is 5.50. The summed E-state index contributed by atoms with van der Waals surface area (Å²) in [7, 11) is 0. The SMILES string of the molecule is CC(O)[C@H]1C(=O)N2C(C(=O)O)=C3CCCC[C@@H]3[C@H]12. The number of hydrogen-bond acceptors (Lipinski definition) is 3. The van der Waals surface area contributed by atoms with E-state index < -0.39 is 18.0 Å². The van der Waals surface area contributed by atoms with E-state index in [-0.39, 0.29) is 23.6 Å². The Balaban J connectivity index is 2.00. The number of amides is 1. The summed E-state index contributed by atoms with van der Waals surface area (Å²) in [5.74, 6) is -1.49. The largest absolute Gasteiger partial charge is 0.477 e. The van der Waals surface area contributed by atoms with Gasteiger partial charge in [-0.15, -0.1) is 0 Å². The Morgan fingerprint density at radius 3 is 2.78 bits per heavy atom. The summed E-state index contributed by atoms with van der Waals surface area (Å²) < 4.78 is 0. The lowest BCUT2D eigenvalue weighted by atomic mass is 9.72. The number of hydrogen-bond donors (Lipinski definition) is 2. The molecule has 1 saturated carbocycles. The molecule has 1 unspecified atom stereocenters. The average molecular weight is 251 g/mol. The molecule has 0 radical (unpaired) electrons. The van der Waals surface area contributed by atoms with Gasteiger partial charge in [0, 0.05) is 5.92 Å². The second kappa shape index (κ2) is 3.82. The fourth-order valence-electron chi connectivity index (χ4n) is 3.82. The smallest absolute Gasteiger partial charge is 0.352 e. The van der Waals surface area contributed by atoms with Crippen molar-refractivity contribution in [1.82, 2.24) is 4.90 Å². The summed E-state index contributed by atoms with van der Waals surface area (Å²) in [5, 5.41) is 19.0. The molecule has 3 rings (SSSR count). The van der Waals surface area contributed by atoms with Crippen LogP contribution in [0.2, 0.25) is 0 Å². The van der Waals surface area contributed by atoms with E-state index in [4.69, 9.17) is 0 Å². The maximum absolute atomic E-state index is 12.0. The highest BCUT2D eigenvalue weighted by Crippen LogP contribution is 2.51. The van der Waals surface area contributed by atoms with Crippen molar-refractivity contribution in [1.29, 1.82) is 0 Å². The third kappa shape index (κ3) is 1.31. The van der Waals surface area contributed by atoms with Crippen LogP contribution < -0.4 is 0 Å². The lowest BCUT2D eigenvalue weighted by molar-refractivity contribution is -0.163. The molecule has 18 heavy (non-hydrogen) atoms. The summed E-state index contributed by atoms with van der Waals surface area (Å²) in [6.45, 7) is 1.61. The summed E-state index contributed by atoms with van der Waals surface area (Å²) in [4.78, 5) is 24.8. The molecule has 4 atom stereocenters. The van der Waals surface area contributed by atoms with Gasteiger partial charge < -0.3 is 15.1 Å². The average Bonchev–Trinajstić information content (AvgIpc) is 2.60. The van der Waals surface area contributed by atoms with Crippen molar-refractivity contribution in [2.75, 3.05) is 0 Å². The van der Waals surface area contributed by atoms with Crippen molar-refractivity contribution in [2.24, 2.45) is 11.8 Å². The number of rotatable bonds is 2. The Labute approximate surface area is 105 Å². The zero-order valence-electron chi connectivity index (χ0n) is 10.3. The standard InChI is InChI=1S/C13H17NO4/c1-6(15)9-10-7-4-2-3-5-8(7)11(13(17)18)14(10)12(9)16/h6-7,9-10,15H,2-5H2,1H3,(H,17,18)/t6?,7-,9+,10+/m0/s1. The first-order chi connectivity index (χ1) is 8.54. The first kappa shape index (κ1) is 11.7. The number of aliphatic hydroxyl groups excluding tert-OH is 1. The van der Waals surface area contributed by atoms with Gasteiger partial charge in [-0.2, -0.15) is 0 Å². The van der Waals surface area contributed by atoms with Crippen molar-refractivity contribution in [3.63, 3.8) is 0 Å². The second-order valence-electron chi connectivity index (χ2n) is 5.50. The normalized spacial score (nSPS) is 36.0. The fourth-order valence-corrected chi connectivity index (χ4v) is 3.82.